The van der Waals surface area contributed by atoms with Gasteiger partial charge in [-0.3, -0.25) is 14.3 Å². The number of benzene rings is 2. The number of amides is 1. The molecule has 1 heterocycles. The molecule has 0 spiro atoms. The van der Waals surface area contributed by atoms with Crippen molar-refractivity contribution in [1.29, 1.82) is 0 Å². The first kappa shape index (κ1) is 20.4. The summed E-state index contributed by atoms with van der Waals surface area (Å²) in [5.41, 5.74) is 1.88. The number of carbonyl (C=O) groups excluding carboxylic acids is 1. The Labute approximate surface area is 169 Å². The Bertz CT molecular complexity index is 966. The number of nitrogens with zero attached hydrogens (tertiary/aromatic N) is 2. The number of aryl methyl sites for hydroxylation is 1. The minimum Gasteiger partial charge on any atom is -0.497 e. The molecule has 1 aromatic heterocycles. The van der Waals surface area contributed by atoms with Gasteiger partial charge >= 0.3 is 5.97 Å². The van der Waals surface area contributed by atoms with Crippen LogP contribution in [0, 0.1) is 0 Å². The van der Waals surface area contributed by atoms with Crippen LogP contribution in [0.25, 0.3) is 10.9 Å². The summed E-state index contributed by atoms with van der Waals surface area (Å²) >= 11 is 0. The van der Waals surface area contributed by atoms with Crippen molar-refractivity contribution < 1.29 is 19.4 Å². The van der Waals surface area contributed by atoms with Gasteiger partial charge in [-0.15, -0.1) is 0 Å². The van der Waals surface area contributed by atoms with Crippen LogP contribution in [0.4, 0.5) is 0 Å². The second-order valence-electron chi connectivity index (χ2n) is 6.90. The van der Waals surface area contributed by atoms with E-state index in [0.717, 1.165) is 22.9 Å². The van der Waals surface area contributed by atoms with E-state index in [1.807, 2.05) is 47.3 Å². The maximum atomic E-state index is 12.4. The van der Waals surface area contributed by atoms with Crippen LogP contribution in [-0.2, 0) is 16.1 Å². The van der Waals surface area contributed by atoms with Crippen LogP contribution in [0.3, 0.4) is 0 Å². The molecule has 2 N–H and O–H groups in total. The molecule has 0 bridgehead atoms. The summed E-state index contributed by atoms with van der Waals surface area (Å²) < 4.78 is 7.05. The number of carboxylic acid groups (broad SMARTS) is 1. The minimum absolute atomic E-state index is 0.0982. The summed E-state index contributed by atoms with van der Waals surface area (Å²) in [6.07, 6.45) is 2.60. The summed E-state index contributed by atoms with van der Waals surface area (Å²) in [6.45, 7) is 1.21. The molecule has 0 aliphatic heterocycles. The molecular formula is C22H25N3O4. The molecule has 0 saturated heterocycles. The van der Waals surface area contributed by atoms with Crippen LogP contribution in [0.15, 0.2) is 54.7 Å². The first-order valence-corrected chi connectivity index (χ1v) is 9.60. The highest BCUT2D eigenvalue weighted by molar-refractivity contribution is 5.79. The van der Waals surface area contributed by atoms with Crippen LogP contribution < -0.4 is 10.1 Å². The highest BCUT2D eigenvalue weighted by atomic mass is 16.5. The van der Waals surface area contributed by atoms with E-state index in [1.165, 1.54) is 0 Å². The molecule has 0 saturated carbocycles. The first-order chi connectivity index (χ1) is 14.1. The Morgan fingerprint density at radius 3 is 2.62 bits per heavy atom. The maximum absolute atomic E-state index is 12.4. The lowest BCUT2D eigenvalue weighted by atomic mass is 9.92. The van der Waals surface area contributed by atoms with Gasteiger partial charge in [-0.1, -0.05) is 30.3 Å². The van der Waals surface area contributed by atoms with Gasteiger partial charge in [-0.2, -0.15) is 5.10 Å². The zero-order chi connectivity index (χ0) is 20.6. The zero-order valence-electron chi connectivity index (χ0n) is 16.4. The molecule has 3 aromatic rings. The summed E-state index contributed by atoms with van der Waals surface area (Å²) in [5, 5.41) is 17.6. The minimum atomic E-state index is -0.927. The van der Waals surface area contributed by atoms with Crippen LogP contribution in [0.2, 0.25) is 0 Å². The van der Waals surface area contributed by atoms with Crippen LogP contribution in [-0.4, -0.2) is 40.4 Å². The standard InChI is InChI=1S/C22H25N3O4/c1-29-19-9-7-16(8-10-19)18(14-22(27)28)13-21(26)23-11-4-12-25-20-6-3-2-5-17(20)15-24-25/h2-3,5-10,15,18H,4,11-14H2,1H3,(H,23,26)(H,27,28). The van der Waals surface area contributed by atoms with E-state index in [0.29, 0.717) is 18.8 Å². The number of aliphatic carboxylic acids is 1. The van der Waals surface area contributed by atoms with Crippen LogP contribution in [0.1, 0.15) is 30.7 Å². The van der Waals surface area contributed by atoms with Crippen molar-refractivity contribution in [3.63, 3.8) is 0 Å². The molecule has 152 valence electrons. The second-order valence-corrected chi connectivity index (χ2v) is 6.90. The summed E-state index contributed by atoms with van der Waals surface area (Å²) in [6, 6.07) is 15.2. The predicted octanol–water partition coefficient (Wildman–Crippen LogP) is 3.20. The molecule has 0 aliphatic rings. The third-order valence-electron chi connectivity index (χ3n) is 4.86. The van der Waals surface area contributed by atoms with Crippen molar-refractivity contribution in [2.45, 2.75) is 31.7 Å². The van der Waals surface area contributed by atoms with E-state index in [4.69, 9.17) is 4.74 Å². The van der Waals surface area contributed by atoms with Gasteiger partial charge < -0.3 is 15.2 Å². The quantitative estimate of drug-likeness (QED) is 0.514. The van der Waals surface area contributed by atoms with E-state index in [-0.39, 0.29) is 24.7 Å². The van der Waals surface area contributed by atoms with Gasteiger partial charge in [0.1, 0.15) is 5.75 Å². The Morgan fingerprint density at radius 1 is 1.14 bits per heavy atom. The molecule has 0 fully saturated rings. The second kappa shape index (κ2) is 9.73. The highest BCUT2D eigenvalue weighted by Gasteiger charge is 2.19. The zero-order valence-corrected chi connectivity index (χ0v) is 16.4. The fraction of sp³-hybridized carbons (Fsp3) is 0.318. The van der Waals surface area contributed by atoms with Gasteiger partial charge in [0.05, 0.1) is 25.2 Å². The SMILES string of the molecule is COc1ccc(C(CC(=O)O)CC(=O)NCCCn2ncc3ccccc32)cc1. The number of carbonyl (C=O) groups is 2. The summed E-state index contributed by atoms with van der Waals surface area (Å²) in [4.78, 5) is 23.6. The molecule has 29 heavy (non-hydrogen) atoms. The molecular weight excluding hydrogens is 370 g/mol. The Hall–Kier alpha value is -3.35. The number of para-hydroxylation sites is 1. The van der Waals surface area contributed by atoms with Crippen molar-refractivity contribution in [1.82, 2.24) is 15.1 Å². The number of nitrogens with one attached hydrogen (secondary N) is 1. The molecule has 0 radical (unpaired) electrons. The van der Waals surface area contributed by atoms with Crippen molar-refractivity contribution in [3.05, 3.63) is 60.3 Å². The average molecular weight is 395 g/mol. The highest BCUT2D eigenvalue weighted by Crippen LogP contribution is 2.25. The van der Waals surface area contributed by atoms with Gasteiger partial charge in [-0.05, 0) is 30.2 Å². The van der Waals surface area contributed by atoms with E-state index in [9.17, 15) is 14.7 Å². The van der Waals surface area contributed by atoms with Gasteiger partial charge in [0.2, 0.25) is 5.91 Å². The van der Waals surface area contributed by atoms with Crippen molar-refractivity contribution >= 4 is 22.8 Å². The van der Waals surface area contributed by atoms with Crippen LogP contribution in [0.5, 0.6) is 5.75 Å². The monoisotopic (exact) mass is 395 g/mol. The van der Waals surface area contributed by atoms with Crippen LogP contribution >= 0.6 is 0 Å². The van der Waals surface area contributed by atoms with E-state index >= 15 is 0 Å². The molecule has 3 rings (SSSR count). The third-order valence-corrected chi connectivity index (χ3v) is 4.86. The number of rotatable bonds is 10. The van der Waals surface area contributed by atoms with Gasteiger partial charge in [-0.25, -0.2) is 0 Å². The van der Waals surface area contributed by atoms with E-state index < -0.39 is 5.97 Å². The van der Waals surface area contributed by atoms with Crippen molar-refractivity contribution in [2.75, 3.05) is 13.7 Å². The first-order valence-electron chi connectivity index (χ1n) is 9.60. The number of ether oxygens (including phenoxy) is 1. The average Bonchev–Trinajstić information content (AvgIpc) is 3.14. The van der Waals surface area contributed by atoms with Crippen molar-refractivity contribution in [3.8, 4) is 5.75 Å². The predicted molar refractivity (Wildman–Crippen MR) is 110 cm³/mol. The van der Waals surface area contributed by atoms with Gasteiger partial charge in [0.15, 0.2) is 0 Å². The Morgan fingerprint density at radius 2 is 1.90 bits per heavy atom. The van der Waals surface area contributed by atoms with Crippen molar-refractivity contribution in [2.24, 2.45) is 0 Å². The summed E-state index contributed by atoms with van der Waals surface area (Å²) in [5.74, 6) is -0.770. The molecule has 7 nitrogen and oxygen atoms in total. The lowest BCUT2D eigenvalue weighted by Gasteiger charge is -2.16. The molecule has 1 unspecified atom stereocenters. The molecule has 1 atom stereocenters. The normalized spacial score (nSPS) is 11.9. The number of fused-ring (bicyclic) bond motifs is 1. The number of hydrogen-bond donors (Lipinski definition) is 2. The molecule has 7 heteroatoms. The summed E-state index contributed by atoms with van der Waals surface area (Å²) in [7, 11) is 1.57. The molecule has 1 amide bonds. The number of aromatic nitrogens is 2. The van der Waals surface area contributed by atoms with E-state index in [2.05, 4.69) is 10.4 Å². The number of carboxylic acids is 1. The Kier molecular flexibility index (Phi) is 6.84. The number of methoxy groups -OCH3 is 1. The topological polar surface area (TPSA) is 93.5 Å². The van der Waals surface area contributed by atoms with E-state index in [1.54, 1.807) is 19.2 Å². The molecule has 2 aromatic carbocycles. The Balaban J connectivity index is 1.50. The maximum Gasteiger partial charge on any atom is 0.303 e. The third kappa shape index (κ3) is 5.57. The van der Waals surface area contributed by atoms with Gasteiger partial charge in [0, 0.05) is 30.8 Å². The largest absolute Gasteiger partial charge is 0.497 e. The lowest BCUT2D eigenvalue weighted by Crippen LogP contribution is -2.27. The molecule has 0 aliphatic carbocycles. The smallest absolute Gasteiger partial charge is 0.303 e. The van der Waals surface area contributed by atoms with Gasteiger partial charge in [0.25, 0.3) is 0 Å². The fourth-order valence-electron chi connectivity index (χ4n) is 3.35. The fourth-order valence-corrected chi connectivity index (χ4v) is 3.35. The lowest BCUT2D eigenvalue weighted by molar-refractivity contribution is -0.137. The number of hydrogen-bond acceptors (Lipinski definition) is 4.